The van der Waals surface area contributed by atoms with Crippen LogP contribution in [-0.4, -0.2) is 27.1 Å². The Balaban J connectivity index is 1.70. The third kappa shape index (κ3) is 4.86. The molecule has 158 valence electrons. The van der Waals surface area contributed by atoms with Gasteiger partial charge in [-0.2, -0.15) is 0 Å². The topological polar surface area (TPSA) is 150 Å². The number of para-hydroxylation sites is 1. The number of nitrogens with two attached hydrogens (primary N) is 1. The molecular weight excluding hydrogens is 438 g/mol. The third-order valence-electron chi connectivity index (χ3n) is 4.42. The Labute approximate surface area is 180 Å². The molecule has 0 radical (unpaired) electrons. The van der Waals surface area contributed by atoms with E-state index in [1.54, 1.807) is 36.5 Å². The molecule has 0 aliphatic rings. The predicted octanol–water partition coefficient (Wildman–Crippen LogP) is 2.89. The van der Waals surface area contributed by atoms with E-state index in [4.69, 9.17) is 5.14 Å². The van der Waals surface area contributed by atoms with E-state index in [2.05, 4.69) is 20.0 Å². The lowest BCUT2D eigenvalue weighted by atomic mass is 10.0. The lowest BCUT2D eigenvalue weighted by molar-refractivity contribution is 0.542. The Hall–Kier alpha value is -3.38. The number of rotatable bonds is 6. The van der Waals surface area contributed by atoms with Crippen LogP contribution in [0.1, 0.15) is 0 Å². The number of hydrogen-bond donors (Lipinski definition) is 3. The monoisotopic (exact) mass is 454 g/mol. The number of sulfonamides is 1. The molecule has 1 atom stereocenters. The molecule has 1 heterocycles. The molecule has 0 aliphatic heterocycles. The average Bonchev–Trinajstić information content (AvgIpc) is 2.73. The Morgan fingerprint density at radius 3 is 2.42 bits per heavy atom. The smallest absolute Gasteiger partial charge is 0.238 e. The molecule has 1 unspecified atom stereocenters. The summed E-state index contributed by atoms with van der Waals surface area (Å²) in [5, 5.41) is 8.96. The van der Waals surface area contributed by atoms with Crippen LogP contribution in [0, 0.1) is 0 Å². The fraction of sp³-hybridized carbons (Fsp3) is 0. The van der Waals surface area contributed by atoms with Crippen LogP contribution in [-0.2, 0) is 21.3 Å². The van der Waals surface area contributed by atoms with Crippen molar-refractivity contribution in [1.29, 1.82) is 0 Å². The number of nitrogens with zero attached hydrogens (tertiary/aromatic N) is 2. The molecule has 4 N–H and O–H groups in total. The molecule has 0 amide bonds. The molecule has 0 spiro atoms. The Morgan fingerprint density at radius 2 is 1.71 bits per heavy atom. The van der Waals surface area contributed by atoms with Crippen molar-refractivity contribution >= 4 is 49.5 Å². The minimum atomic E-state index is -3.77. The molecular formula is C20H16N5O4S2-. The van der Waals surface area contributed by atoms with Gasteiger partial charge >= 0.3 is 0 Å². The van der Waals surface area contributed by atoms with E-state index in [0.29, 0.717) is 22.8 Å². The first-order valence-electron chi connectivity index (χ1n) is 8.92. The summed E-state index contributed by atoms with van der Waals surface area (Å²) in [6.45, 7) is 0. The van der Waals surface area contributed by atoms with Crippen LogP contribution < -0.4 is 15.2 Å². The van der Waals surface area contributed by atoms with Crippen molar-refractivity contribution in [1.82, 2.24) is 9.97 Å². The largest absolute Gasteiger partial charge is 0.755 e. The van der Waals surface area contributed by atoms with Crippen LogP contribution in [0.25, 0.3) is 22.0 Å². The molecule has 4 aromatic rings. The summed E-state index contributed by atoms with van der Waals surface area (Å²) in [4.78, 5) is 8.91. The van der Waals surface area contributed by atoms with Crippen LogP contribution in [0.3, 0.4) is 0 Å². The molecule has 0 fully saturated rings. The maximum Gasteiger partial charge on any atom is 0.238 e. The molecule has 11 heteroatoms. The van der Waals surface area contributed by atoms with Gasteiger partial charge in [-0.25, -0.2) is 23.5 Å². The second kappa shape index (κ2) is 8.40. The molecule has 0 bridgehead atoms. The van der Waals surface area contributed by atoms with Gasteiger partial charge in [-0.15, -0.1) is 0 Å². The second-order valence-corrected chi connectivity index (χ2v) is 8.78. The first-order chi connectivity index (χ1) is 14.8. The molecule has 0 saturated heterocycles. The van der Waals surface area contributed by atoms with E-state index >= 15 is 0 Å². The number of primary sulfonamides is 1. The van der Waals surface area contributed by atoms with Gasteiger partial charge in [0.1, 0.15) is 0 Å². The van der Waals surface area contributed by atoms with Crippen molar-refractivity contribution in [2.45, 2.75) is 4.90 Å². The summed E-state index contributed by atoms with van der Waals surface area (Å²) in [5.74, 6) is 0.318. The molecule has 3 aromatic carbocycles. The predicted molar refractivity (Wildman–Crippen MR) is 119 cm³/mol. The number of anilines is 3. The minimum absolute atomic E-state index is 0.00673. The van der Waals surface area contributed by atoms with Gasteiger partial charge < -0.3 is 14.6 Å². The van der Waals surface area contributed by atoms with E-state index in [0.717, 1.165) is 16.5 Å². The molecule has 0 aliphatic carbocycles. The van der Waals surface area contributed by atoms with Gasteiger partial charge in [0.2, 0.25) is 16.0 Å². The quantitative estimate of drug-likeness (QED) is 0.379. The summed E-state index contributed by atoms with van der Waals surface area (Å²) in [6, 6.07) is 18.5. The first kappa shape index (κ1) is 20.9. The van der Waals surface area contributed by atoms with Crippen molar-refractivity contribution < 1.29 is 17.2 Å². The van der Waals surface area contributed by atoms with Gasteiger partial charge in [0, 0.05) is 39.8 Å². The highest BCUT2D eigenvalue weighted by molar-refractivity contribution is 7.89. The van der Waals surface area contributed by atoms with Gasteiger partial charge in [0.25, 0.3) is 0 Å². The number of aromatic nitrogens is 2. The van der Waals surface area contributed by atoms with E-state index in [1.165, 1.54) is 12.1 Å². The summed E-state index contributed by atoms with van der Waals surface area (Å²) < 4.78 is 47.0. The molecule has 9 nitrogen and oxygen atoms in total. The summed E-state index contributed by atoms with van der Waals surface area (Å²) in [5.41, 5.74) is 3.27. The lowest BCUT2D eigenvalue weighted by Crippen LogP contribution is -2.11. The van der Waals surface area contributed by atoms with Gasteiger partial charge in [-0.05, 0) is 42.0 Å². The SMILES string of the molecule is NS(=O)(=O)c1ccc(Nc2ncc3cccc(-c4cccc(NS(=O)[O-])c4)c3n2)cc1. The van der Waals surface area contributed by atoms with Crippen molar-refractivity contribution in [2.75, 3.05) is 10.0 Å². The summed E-state index contributed by atoms with van der Waals surface area (Å²) in [6.07, 6.45) is 1.67. The standard InChI is InChI=1S/C20H17N5O4S2/c21-31(28,29)17-9-7-15(8-10-17)23-20-22-12-14-4-2-6-18(19(14)24-20)13-3-1-5-16(11-13)25-30(26)27/h1-12,25H,(H,26,27)(H2,21,28,29)(H,22,23,24)/p-1. The lowest BCUT2D eigenvalue weighted by Gasteiger charge is -2.12. The highest BCUT2D eigenvalue weighted by Crippen LogP contribution is 2.30. The van der Waals surface area contributed by atoms with E-state index in [9.17, 15) is 17.2 Å². The minimum Gasteiger partial charge on any atom is -0.755 e. The fourth-order valence-corrected chi connectivity index (χ4v) is 3.89. The molecule has 4 rings (SSSR count). The van der Waals surface area contributed by atoms with Gasteiger partial charge in [-0.1, -0.05) is 30.3 Å². The highest BCUT2D eigenvalue weighted by atomic mass is 32.2. The van der Waals surface area contributed by atoms with E-state index in [1.807, 2.05) is 24.3 Å². The Bertz CT molecular complexity index is 1390. The molecule has 1 aromatic heterocycles. The van der Waals surface area contributed by atoms with Crippen LogP contribution in [0.4, 0.5) is 17.3 Å². The maximum atomic E-state index is 11.4. The highest BCUT2D eigenvalue weighted by Gasteiger charge is 2.10. The van der Waals surface area contributed by atoms with E-state index in [-0.39, 0.29) is 4.90 Å². The van der Waals surface area contributed by atoms with Crippen LogP contribution in [0.2, 0.25) is 0 Å². The Kier molecular flexibility index (Phi) is 5.65. The van der Waals surface area contributed by atoms with Gasteiger partial charge in [0.15, 0.2) is 0 Å². The second-order valence-electron chi connectivity index (χ2n) is 6.55. The number of fused-ring (bicyclic) bond motifs is 1. The number of nitrogens with one attached hydrogen (secondary N) is 2. The van der Waals surface area contributed by atoms with Crippen molar-refractivity contribution in [3.8, 4) is 11.1 Å². The van der Waals surface area contributed by atoms with Gasteiger partial charge in [-0.3, -0.25) is 4.21 Å². The Morgan fingerprint density at radius 1 is 0.968 bits per heavy atom. The maximum absolute atomic E-state index is 11.4. The molecule has 0 saturated carbocycles. The van der Waals surface area contributed by atoms with Crippen LogP contribution in [0.15, 0.2) is 77.8 Å². The van der Waals surface area contributed by atoms with E-state index < -0.39 is 21.3 Å². The fourth-order valence-electron chi connectivity index (χ4n) is 3.05. The first-order valence-corrected chi connectivity index (χ1v) is 11.5. The average molecular weight is 455 g/mol. The van der Waals surface area contributed by atoms with Crippen molar-refractivity contribution in [2.24, 2.45) is 5.14 Å². The third-order valence-corrected chi connectivity index (χ3v) is 5.76. The van der Waals surface area contributed by atoms with Crippen LogP contribution >= 0.6 is 0 Å². The van der Waals surface area contributed by atoms with Crippen LogP contribution in [0.5, 0.6) is 0 Å². The van der Waals surface area contributed by atoms with Crippen molar-refractivity contribution in [3.05, 3.63) is 72.9 Å². The van der Waals surface area contributed by atoms with Crippen molar-refractivity contribution in [3.63, 3.8) is 0 Å². The normalized spacial score (nSPS) is 12.5. The summed E-state index contributed by atoms with van der Waals surface area (Å²) >= 11 is -2.42. The zero-order valence-electron chi connectivity index (χ0n) is 15.8. The number of hydrogen-bond acceptors (Lipinski definition) is 7. The number of benzene rings is 3. The zero-order valence-corrected chi connectivity index (χ0v) is 17.5. The summed E-state index contributed by atoms with van der Waals surface area (Å²) in [7, 11) is -3.77. The zero-order chi connectivity index (χ0) is 22.0. The molecule has 31 heavy (non-hydrogen) atoms. The van der Waals surface area contributed by atoms with Gasteiger partial charge in [0.05, 0.1) is 10.4 Å².